The van der Waals surface area contributed by atoms with Crippen molar-refractivity contribution in [3.05, 3.63) is 253 Å². The van der Waals surface area contributed by atoms with Crippen molar-refractivity contribution < 1.29 is 0 Å². The highest BCUT2D eigenvalue weighted by molar-refractivity contribution is 6.16. The van der Waals surface area contributed by atoms with Crippen LogP contribution in [0.2, 0.25) is 0 Å². The van der Waals surface area contributed by atoms with Crippen molar-refractivity contribution in [1.29, 1.82) is 0 Å². The maximum absolute atomic E-state index is 2.49. The fraction of sp³-hybridized carbons (Fsp3) is 0.111. The molecule has 0 radical (unpaired) electrons. The number of hydrogen-bond acceptors (Lipinski definition) is 0. The fourth-order valence-corrected chi connectivity index (χ4v) is 13.0. The molecule has 0 aromatic heterocycles. The zero-order valence-electron chi connectivity index (χ0n) is 40.6. The molecule has 0 saturated carbocycles. The Morgan fingerprint density at radius 3 is 0.778 bits per heavy atom. The predicted molar refractivity (Wildman–Crippen MR) is 308 cm³/mol. The van der Waals surface area contributed by atoms with Crippen molar-refractivity contribution in [1.82, 2.24) is 0 Å². The van der Waals surface area contributed by atoms with Crippen LogP contribution >= 0.6 is 0 Å². The van der Waals surface area contributed by atoms with Gasteiger partial charge in [0.05, 0.1) is 0 Å². The second kappa shape index (κ2) is 17.8. The molecule has 0 N–H and O–H groups in total. The van der Waals surface area contributed by atoms with E-state index in [2.05, 4.69) is 231 Å². The average Bonchev–Trinajstić information content (AvgIpc) is 3.46. The molecule has 2 aliphatic carbocycles. The summed E-state index contributed by atoms with van der Waals surface area (Å²) < 4.78 is 0. The number of rotatable bonds is 7. The molecule has 72 heavy (non-hydrogen) atoms. The van der Waals surface area contributed by atoms with Gasteiger partial charge in [-0.15, -0.1) is 0 Å². The van der Waals surface area contributed by atoms with Crippen LogP contribution in [0.15, 0.2) is 231 Å². The Bertz CT molecular complexity index is 3780. The van der Waals surface area contributed by atoms with E-state index in [1.807, 2.05) is 0 Å². The van der Waals surface area contributed by atoms with E-state index < -0.39 is 0 Å². The van der Waals surface area contributed by atoms with E-state index in [9.17, 15) is 0 Å². The molecule has 342 valence electrons. The van der Waals surface area contributed by atoms with Crippen molar-refractivity contribution in [2.45, 2.75) is 51.4 Å². The maximum Gasteiger partial charge on any atom is -0.00610 e. The molecule has 0 aliphatic heterocycles. The second-order valence-corrected chi connectivity index (χ2v) is 20.3. The Labute approximate surface area is 422 Å². The van der Waals surface area contributed by atoms with Gasteiger partial charge in [-0.25, -0.2) is 0 Å². The molecule has 0 saturated heterocycles. The van der Waals surface area contributed by atoms with Gasteiger partial charge in [0.1, 0.15) is 0 Å². The van der Waals surface area contributed by atoms with Crippen LogP contribution in [0, 0.1) is 0 Å². The minimum absolute atomic E-state index is 1.09. The molecule has 0 amide bonds. The zero-order chi connectivity index (χ0) is 47.5. The number of benzene rings is 12. The van der Waals surface area contributed by atoms with E-state index in [0.29, 0.717) is 0 Å². The van der Waals surface area contributed by atoms with Crippen LogP contribution in [-0.4, -0.2) is 0 Å². The number of fused-ring (bicyclic) bond motifs is 6. The summed E-state index contributed by atoms with van der Waals surface area (Å²) in [5.74, 6) is 0. The zero-order valence-corrected chi connectivity index (χ0v) is 40.6. The third-order valence-corrected chi connectivity index (χ3v) is 16.2. The fourth-order valence-electron chi connectivity index (χ4n) is 13.0. The normalized spacial score (nSPS) is 13.4. The van der Waals surface area contributed by atoms with Gasteiger partial charge in [0.15, 0.2) is 0 Å². The average molecular weight is 919 g/mol. The highest BCUT2D eigenvalue weighted by Crippen LogP contribution is 2.52. The van der Waals surface area contributed by atoms with Crippen molar-refractivity contribution in [2.75, 3.05) is 0 Å². The Kier molecular flexibility index (Phi) is 10.5. The lowest BCUT2D eigenvalue weighted by atomic mass is 9.73. The Morgan fingerprint density at radius 2 is 0.458 bits per heavy atom. The lowest BCUT2D eigenvalue weighted by molar-refractivity contribution is 0.684. The first-order chi connectivity index (χ1) is 35.7. The predicted octanol–water partition coefficient (Wildman–Crippen LogP) is 19.7. The summed E-state index contributed by atoms with van der Waals surface area (Å²) in [6, 6.07) is 86.7. The van der Waals surface area contributed by atoms with Crippen LogP contribution in [0.1, 0.15) is 47.9 Å². The Hall–Kier alpha value is -8.32. The van der Waals surface area contributed by atoms with Gasteiger partial charge in [0.2, 0.25) is 0 Å². The van der Waals surface area contributed by atoms with Crippen molar-refractivity contribution in [3.8, 4) is 77.9 Å². The van der Waals surface area contributed by atoms with Gasteiger partial charge in [-0.1, -0.05) is 194 Å². The molecular formula is C72H54. The molecule has 0 heterocycles. The molecule has 0 nitrogen and oxygen atoms in total. The molecule has 2 aliphatic rings. The van der Waals surface area contributed by atoms with Crippen LogP contribution in [0.3, 0.4) is 0 Å². The molecule has 0 bridgehead atoms. The van der Waals surface area contributed by atoms with Gasteiger partial charge >= 0.3 is 0 Å². The molecule has 12 aromatic rings. The summed E-state index contributed by atoms with van der Waals surface area (Å²) in [6.45, 7) is 0. The van der Waals surface area contributed by atoms with Crippen LogP contribution in [0.25, 0.3) is 121 Å². The highest BCUT2D eigenvalue weighted by atomic mass is 14.3. The molecular weight excluding hydrogens is 865 g/mol. The first-order valence-corrected chi connectivity index (χ1v) is 26.2. The van der Waals surface area contributed by atoms with Gasteiger partial charge < -0.3 is 0 Å². The van der Waals surface area contributed by atoms with Crippen LogP contribution in [0.5, 0.6) is 0 Å². The summed E-state index contributed by atoms with van der Waals surface area (Å²) in [5.41, 5.74) is 24.8. The van der Waals surface area contributed by atoms with E-state index in [4.69, 9.17) is 0 Å². The summed E-state index contributed by atoms with van der Waals surface area (Å²) in [4.78, 5) is 0. The van der Waals surface area contributed by atoms with Crippen molar-refractivity contribution in [2.24, 2.45) is 0 Å². The second-order valence-electron chi connectivity index (χ2n) is 20.3. The van der Waals surface area contributed by atoms with Gasteiger partial charge in [-0.2, -0.15) is 0 Å². The standard InChI is InChI=1S/C72H54/c1-5-21-47(22-6-1)65-43-51-37-39-53(41-55(51)45-67(65)49-25-9-3-10-26-49)69-57-29-13-17-33-61(57)71(62-34-18-14-30-58(62)69)72-63-35-19-15-31-59(63)70(60-32-16-20-36-64(60)72)54-40-38-52-44-66(48-23-7-2-8-24-48)68(46-56(52)42-54)50-27-11-4-12-28-50/h1-13,15,17,19,21-29,31,33,35,37-46H,14,16,18,20,30,32,34,36H2. The van der Waals surface area contributed by atoms with E-state index in [-0.39, 0.29) is 0 Å². The molecule has 0 atom stereocenters. The molecule has 0 heteroatoms. The van der Waals surface area contributed by atoms with Crippen LogP contribution < -0.4 is 0 Å². The topological polar surface area (TPSA) is 0 Å². The summed E-state index contributed by atoms with van der Waals surface area (Å²) >= 11 is 0. The highest BCUT2D eigenvalue weighted by Gasteiger charge is 2.30. The third kappa shape index (κ3) is 7.19. The minimum Gasteiger partial charge on any atom is -0.0622 e. The molecule has 0 unspecified atom stereocenters. The third-order valence-electron chi connectivity index (χ3n) is 16.2. The molecule has 12 aromatic carbocycles. The lowest BCUT2D eigenvalue weighted by Gasteiger charge is -2.31. The van der Waals surface area contributed by atoms with Gasteiger partial charge in [0, 0.05) is 0 Å². The van der Waals surface area contributed by atoms with Crippen molar-refractivity contribution in [3.63, 3.8) is 0 Å². The van der Waals surface area contributed by atoms with Gasteiger partial charge in [-0.05, 0) is 231 Å². The van der Waals surface area contributed by atoms with Crippen molar-refractivity contribution >= 4 is 43.1 Å². The van der Waals surface area contributed by atoms with Crippen LogP contribution in [0.4, 0.5) is 0 Å². The molecule has 0 fully saturated rings. The van der Waals surface area contributed by atoms with E-state index in [1.165, 1.54) is 147 Å². The Morgan fingerprint density at radius 1 is 0.194 bits per heavy atom. The quantitative estimate of drug-likeness (QED) is 0.149. The maximum atomic E-state index is 2.49. The minimum atomic E-state index is 1.09. The molecule has 0 spiro atoms. The first-order valence-electron chi connectivity index (χ1n) is 26.2. The largest absolute Gasteiger partial charge is 0.0622 e. The first kappa shape index (κ1) is 42.5. The molecule has 14 rings (SSSR count). The SMILES string of the molecule is c1ccc(-c2cc3ccc(-c4c5c(c(-c6c7c(c(-c8ccc9cc(-c%10ccccc%10)c(-c%10ccccc%10)cc9c8)c8ccccc68)CCCC7)c6ccccc46)CCCC5)cc3cc2-c2ccccc2)cc1. The monoisotopic (exact) mass is 918 g/mol. The van der Waals surface area contributed by atoms with Gasteiger partial charge in [-0.3, -0.25) is 0 Å². The number of hydrogen-bond donors (Lipinski definition) is 0. The summed E-state index contributed by atoms with van der Waals surface area (Å²) in [6.07, 6.45) is 9.22. The van der Waals surface area contributed by atoms with E-state index >= 15 is 0 Å². The summed E-state index contributed by atoms with van der Waals surface area (Å²) in [7, 11) is 0. The smallest absolute Gasteiger partial charge is 0.00610 e. The lowest BCUT2D eigenvalue weighted by Crippen LogP contribution is -2.12. The van der Waals surface area contributed by atoms with Gasteiger partial charge in [0.25, 0.3) is 0 Å². The Balaban J connectivity index is 0.974. The summed E-state index contributed by atoms with van der Waals surface area (Å²) in [5, 5.41) is 10.6. The van der Waals surface area contributed by atoms with E-state index in [1.54, 1.807) is 22.3 Å². The van der Waals surface area contributed by atoms with E-state index in [0.717, 1.165) is 25.7 Å². The van der Waals surface area contributed by atoms with Crippen LogP contribution in [-0.2, 0) is 25.7 Å².